The van der Waals surface area contributed by atoms with Crippen molar-refractivity contribution in [2.75, 3.05) is 0 Å². The van der Waals surface area contributed by atoms with Gasteiger partial charge in [0.1, 0.15) is 0 Å². The van der Waals surface area contributed by atoms with Gasteiger partial charge in [-0.15, -0.1) is 0 Å². The van der Waals surface area contributed by atoms with Crippen molar-refractivity contribution in [2.45, 2.75) is 46.1 Å². The van der Waals surface area contributed by atoms with Crippen LogP contribution in [-0.2, 0) is 0 Å². The summed E-state index contributed by atoms with van der Waals surface area (Å²) in [6.07, 6.45) is 9.04. The van der Waals surface area contributed by atoms with Gasteiger partial charge in [-0.2, -0.15) is 5.10 Å². The summed E-state index contributed by atoms with van der Waals surface area (Å²) >= 11 is 0. The van der Waals surface area contributed by atoms with E-state index in [1.165, 1.54) is 17.6 Å². The first-order chi connectivity index (χ1) is 13.4. The number of pyridine rings is 1. The van der Waals surface area contributed by atoms with Gasteiger partial charge >= 0.3 is 0 Å². The molecule has 0 bridgehead atoms. The van der Waals surface area contributed by atoms with Crippen LogP contribution in [0.15, 0.2) is 48.8 Å². The second-order valence-corrected chi connectivity index (χ2v) is 8.41. The number of carbonyl (C=O) groups excluding carboxylic acids is 1. The zero-order valence-corrected chi connectivity index (χ0v) is 16.6. The van der Waals surface area contributed by atoms with E-state index in [4.69, 9.17) is 0 Å². The number of amides is 1. The first kappa shape index (κ1) is 18.4. The summed E-state index contributed by atoms with van der Waals surface area (Å²) < 4.78 is 0. The topological polar surface area (TPSA) is 70.7 Å². The van der Waals surface area contributed by atoms with Gasteiger partial charge in [0, 0.05) is 23.3 Å². The average Bonchev–Trinajstić information content (AvgIpc) is 3.22. The highest BCUT2D eigenvalue weighted by Crippen LogP contribution is 2.39. The number of hydrogen-bond donors (Lipinski definition) is 2. The fourth-order valence-electron chi connectivity index (χ4n) is 3.73. The number of fused-ring (bicyclic) bond motifs is 1. The number of benzene rings is 1. The summed E-state index contributed by atoms with van der Waals surface area (Å²) in [7, 11) is 0. The molecule has 0 radical (unpaired) electrons. The Morgan fingerprint density at radius 3 is 2.86 bits per heavy atom. The lowest BCUT2D eigenvalue weighted by atomic mass is 9.77. The standard InChI is InChI=1S/C23H26N4O/c1-15(20-9-12-25-27-20)26-22(28)18-13-17-5-4-6-19(21(17)24-14-18)16-7-10-23(2,3)11-8-16/h4-7,9,12-15H,8,10-11H2,1-3H3,(H,25,27)(H,26,28)/t15-/m0/s1. The monoisotopic (exact) mass is 374 g/mol. The lowest BCUT2D eigenvalue weighted by molar-refractivity contribution is 0.0939. The zero-order chi connectivity index (χ0) is 19.7. The minimum Gasteiger partial charge on any atom is -0.344 e. The molecule has 0 aliphatic heterocycles. The molecule has 1 aliphatic carbocycles. The van der Waals surface area contributed by atoms with Gasteiger partial charge in [-0.1, -0.05) is 38.1 Å². The van der Waals surface area contributed by atoms with Crippen LogP contribution < -0.4 is 5.32 Å². The highest BCUT2D eigenvalue weighted by Gasteiger charge is 2.23. The maximum Gasteiger partial charge on any atom is 0.253 e. The summed E-state index contributed by atoms with van der Waals surface area (Å²) in [6.45, 7) is 6.56. The molecule has 5 nitrogen and oxygen atoms in total. The van der Waals surface area contributed by atoms with Crippen LogP contribution >= 0.6 is 0 Å². The van der Waals surface area contributed by atoms with Gasteiger partial charge in [0.25, 0.3) is 5.91 Å². The number of allylic oxidation sites excluding steroid dienone is 2. The SMILES string of the molecule is C[C@H](NC(=O)c1cnc2c(C3=CCC(C)(C)CC3)cccc2c1)c1ccn[nH]1. The predicted molar refractivity (Wildman–Crippen MR) is 112 cm³/mol. The Morgan fingerprint density at radius 1 is 1.29 bits per heavy atom. The van der Waals surface area contributed by atoms with Gasteiger partial charge in [-0.25, -0.2) is 0 Å². The molecule has 0 fully saturated rings. The summed E-state index contributed by atoms with van der Waals surface area (Å²) in [6, 6.07) is 9.85. The van der Waals surface area contributed by atoms with Gasteiger partial charge in [-0.3, -0.25) is 14.9 Å². The van der Waals surface area contributed by atoms with Gasteiger partial charge in [0.2, 0.25) is 0 Å². The number of aromatic nitrogens is 3. The largest absolute Gasteiger partial charge is 0.344 e. The number of carbonyl (C=O) groups is 1. The molecule has 2 aromatic heterocycles. The summed E-state index contributed by atoms with van der Waals surface area (Å²) in [4.78, 5) is 17.3. The maximum absolute atomic E-state index is 12.7. The van der Waals surface area contributed by atoms with E-state index in [2.05, 4.69) is 52.6 Å². The smallest absolute Gasteiger partial charge is 0.253 e. The molecule has 1 amide bonds. The molecule has 144 valence electrons. The number of rotatable bonds is 4. The maximum atomic E-state index is 12.7. The Kier molecular flexibility index (Phi) is 4.75. The molecule has 1 aromatic carbocycles. The Morgan fingerprint density at radius 2 is 2.14 bits per heavy atom. The Balaban J connectivity index is 1.60. The van der Waals surface area contributed by atoms with E-state index >= 15 is 0 Å². The van der Waals surface area contributed by atoms with Crippen molar-refractivity contribution in [3.63, 3.8) is 0 Å². The molecule has 0 spiro atoms. The minimum atomic E-state index is -0.146. The van der Waals surface area contributed by atoms with Crippen LogP contribution in [0.25, 0.3) is 16.5 Å². The Bertz CT molecular complexity index is 1030. The molecule has 0 saturated carbocycles. The molecular formula is C23H26N4O. The molecule has 3 aromatic rings. The lowest BCUT2D eigenvalue weighted by Crippen LogP contribution is -2.27. The van der Waals surface area contributed by atoms with Crippen LogP contribution in [0.2, 0.25) is 0 Å². The minimum absolute atomic E-state index is 0.138. The van der Waals surface area contributed by atoms with Crippen molar-refractivity contribution in [3.8, 4) is 0 Å². The average molecular weight is 374 g/mol. The number of para-hydroxylation sites is 1. The molecular weight excluding hydrogens is 348 g/mol. The Hall–Kier alpha value is -2.95. The fourth-order valence-corrected chi connectivity index (χ4v) is 3.73. The first-order valence-electron chi connectivity index (χ1n) is 9.81. The molecule has 4 rings (SSSR count). The molecule has 1 atom stereocenters. The van der Waals surface area contributed by atoms with Crippen molar-refractivity contribution in [1.82, 2.24) is 20.5 Å². The number of H-pyrrole nitrogens is 1. The molecule has 5 heteroatoms. The van der Waals surface area contributed by atoms with E-state index in [1.807, 2.05) is 25.1 Å². The second kappa shape index (κ2) is 7.23. The molecule has 2 heterocycles. The normalized spacial score (nSPS) is 17.2. The van der Waals surface area contributed by atoms with E-state index in [1.54, 1.807) is 12.4 Å². The third kappa shape index (κ3) is 3.70. The third-order valence-electron chi connectivity index (χ3n) is 5.63. The Labute approximate surface area is 165 Å². The van der Waals surface area contributed by atoms with E-state index in [-0.39, 0.29) is 11.9 Å². The van der Waals surface area contributed by atoms with Gasteiger partial charge in [0.15, 0.2) is 0 Å². The number of nitrogens with zero attached hydrogens (tertiary/aromatic N) is 2. The van der Waals surface area contributed by atoms with Crippen LogP contribution in [0.3, 0.4) is 0 Å². The summed E-state index contributed by atoms with van der Waals surface area (Å²) in [5.74, 6) is -0.138. The summed E-state index contributed by atoms with van der Waals surface area (Å²) in [5, 5.41) is 10.8. The molecule has 0 saturated heterocycles. The van der Waals surface area contributed by atoms with Crippen molar-refractivity contribution in [2.24, 2.45) is 5.41 Å². The molecule has 1 aliphatic rings. The lowest BCUT2D eigenvalue weighted by Gasteiger charge is -2.29. The fraction of sp³-hybridized carbons (Fsp3) is 0.348. The zero-order valence-electron chi connectivity index (χ0n) is 16.6. The number of nitrogens with one attached hydrogen (secondary N) is 2. The highest BCUT2D eigenvalue weighted by atomic mass is 16.1. The van der Waals surface area contributed by atoms with Crippen LogP contribution in [0, 0.1) is 5.41 Å². The van der Waals surface area contributed by atoms with Crippen molar-refractivity contribution < 1.29 is 4.79 Å². The van der Waals surface area contributed by atoms with E-state index in [0.29, 0.717) is 11.0 Å². The van der Waals surface area contributed by atoms with E-state index in [0.717, 1.165) is 29.4 Å². The van der Waals surface area contributed by atoms with Crippen LogP contribution in [0.4, 0.5) is 0 Å². The van der Waals surface area contributed by atoms with Crippen molar-refractivity contribution >= 4 is 22.4 Å². The number of aromatic amines is 1. The quantitative estimate of drug-likeness (QED) is 0.672. The van der Waals surface area contributed by atoms with Crippen molar-refractivity contribution in [3.05, 3.63) is 65.6 Å². The van der Waals surface area contributed by atoms with E-state index in [9.17, 15) is 4.79 Å². The molecule has 28 heavy (non-hydrogen) atoms. The predicted octanol–water partition coefficient (Wildman–Crippen LogP) is 5.04. The highest BCUT2D eigenvalue weighted by molar-refractivity contribution is 5.99. The van der Waals surface area contributed by atoms with Crippen LogP contribution in [0.5, 0.6) is 0 Å². The van der Waals surface area contributed by atoms with Crippen molar-refractivity contribution in [1.29, 1.82) is 0 Å². The third-order valence-corrected chi connectivity index (χ3v) is 5.63. The second-order valence-electron chi connectivity index (χ2n) is 8.41. The van der Waals surface area contributed by atoms with Crippen LogP contribution in [0.1, 0.15) is 67.7 Å². The van der Waals surface area contributed by atoms with Gasteiger partial charge < -0.3 is 5.32 Å². The molecule has 2 N–H and O–H groups in total. The first-order valence-corrected chi connectivity index (χ1v) is 9.81. The van der Waals surface area contributed by atoms with Crippen LogP contribution in [-0.4, -0.2) is 21.1 Å². The summed E-state index contributed by atoms with van der Waals surface area (Å²) in [5.41, 5.74) is 5.32. The van der Waals surface area contributed by atoms with E-state index < -0.39 is 0 Å². The van der Waals surface area contributed by atoms with Gasteiger partial charge in [-0.05, 0) is 49.3 Å². The van der Waals surface area contributed by atoms with Gasteiger partial charge in [0.05, 0.1) is 22.8 Å². The number of hydrogen-bond acceptors (Lipinski definition) is 3. The molecule has 0 unspecified atom stereocenters.